The van der Waals surface area contributed by atoms with E-state index in [4.69, 9.17) is 16.0 Å². The fraction of sp³-hybridized carbons (Fsp3) is 0.385. The third-order valence-electron chi connectivity index (χ3n) is 2.67. The van der Waals surface area contributed by atoms with Crippen LogP contribution in [0.15, 0.2) is 28.7 Å². The zero-order valence-corrected chi connectivity index (χ0v) is 11.2. The van der Waals surface area contributed by atoms with Crippen LogP contribution in [0.5, 0.6) is 0 Å². The molecule has 0 radical (unpaired) electrons. The van der Waals surface area contributed by atoms with Gasteiger partial charge in [-0.15, -0.1) is 21.8 Å². The molecule has 0 atom stereocenters. The Morgan fingerprint density at radius 1 is 1.05 bits per heavy atom. The van der Waals surface area contributed by atoms with Gasteiger partial charge >= 0.3 is 6.18 Å². The molecule has 0 saturated heterocycles. The Labute approximate surface area is 118 Å². The summed E-state index contributed by atoms with van der Waals surface area (Å²) in [7, 11) is 0. The summed E-state index contributed by atoms with van der Waals surface area (Å²) in [4.78, 5) is 0. The highest BCUT2D eigenvalue weighted by atomic mass is 35.5. The smallest absolute Gasteiger partial charge is 0.416 e. The van der Waals surface area contributed by atoms with Gasteiger partial charge in [0.05, 0.1) is 12.0 Å². The predicted octanol–water partition coefficient (Wildman–Crippen LogP) is 3.85. The van der Waals surface area contributed by atoms with E-state index < -0.39 is 11.7 Å². The Balaban J connectivity index is 2.01. The number of halogens is 4. The molecule has 1 heterocycles. The Bertz CT molecular complexity index is 551. The maximum atomic E-state index is 12.4. The van der Waals surface area contributed by atoms with Gasteiger partial charge in [0.25, 0.3) is 0 Å². The van der Waals surface area contributed by atoms with Crippen molar-refractivity contribution in [3.05, 3.63) is 47.2 Å². The van der Waals surface area contributed by atoms with E-state index in [1.807, 2.05) is 0 Å². The van der Waals surface area contributed by atoms with Crippen molar-refractivity contribution < 1.29 is 17.6 Å². The number of alkyl halides is 4. The molecule has 0 saturated carbocycles. The van der Waals surface area contributed by atoms with E-state index in [-0.39, 0.29) is 0 Å². The zero-order valence-electron chi connectivity index (χ0n) is 10.5. The summed E-state index contributed by atoms with van der Waals surface area (Å²) in [6.45, 7) is 0. The molecule has 20 heavy (non-hydrogen) atoms. The molecule has 2 aromatic rings. The van der Waals surface area contributed by atoms with E-state index in [1.165, 1.54) is 12.1 Å². The quantitative estimate of drug-likeness (QED) is 0.788. The minimum absolute atomic E-state index is 0.312. The van der Waals surface area contributed by atoms with Crippen LogP contribution in [0.25, 0.3) is 0 Å². The van der Waals surface area contributed by atoms with Crippen LogP contribution in [0.1, 0.15) is 29.3 Å². The average Bonchev–Trinajstić information content (AvgIpc) is 2.83. The summed E-state index contributed by atoms with van der Waals surface area (Å²) in [5.74, 6) is 1.39. The molecular weight excluding hydrogens is 293 g/mol. The number of benzene rings is 1. The van der Waals surface area contributed by atoms with Crippen LogP contribution in [-0.2, 0) is 19.0 Å². The largest absolute Gasteiger partial charge is 0.425 e. The lowest BCUT2D eigenvalue weighted by Crippen LogP contribution is -2.04. The second-order valence-corrected chi connectivity index (χ2v) is 4.63. The van der Waals surface area contributed by atoms with Gasteiger partial charge in [-0.2, -0.15) is 13.2 Å². The van der Waals surface area contributed by atoms with Gasteiger partial charge in [-0.25, -0.2) is 0 Å². The van der Waals surface area contributed by atoms with E-state index in [2.05, 4.69) is 10.2 Å². The third kappa shape index (κ3) is 3.96. The molecule has 2 rings (SSSR count). The van der Waals surface area contributed by atoms with Gasteiger partial charge in [0.15, 0.2) is 0 Å². The first-order valence-corrected chi connectivity index (χ1v) is 6.56. The summed E-state index contributed by atoms with van der Waals surface area (Å²) >= 11 is 5.56. The first-order chi connectivity index (χ1) is 9.49. The zero-order chi connectivity index (χ0) is 14.6. The first-order valence-electron chi connectivity index (χ1n) is 6.02. The van der Waals surface area contributed by atoms with Crippen LogP contribution in [0.3, 0.4) is 0 Å². The van der Waals surface area contributed by atoms with Crippen molar-refractivity contribution in [3.8, 4) is 0 Å². The minimum Gasteiger partial charge on any atom is -0.425 e. The molecule has 0 fully saturated rings. The molecule has 0 aliphatic rings. The highest BCUT2D eigenvalue weighted by Gasteiger charge is 2.29. The van der Waals surface area contributed by atoms with Crippen molar-refractivity contribution in [2.75, 3.05) is 5.88 Å². The molecule has 0 aliphatic carbocycles. The van der Waals surface area contributed by atoms with Gasteiger partial charge in [0.1, 0.15) is 0 Å². The molecule has 7 heteroatoms. The molecule has 1 aromatic heterocycles. The molecule has 1 aromatic carbocycles. The van der Waals surface area contributed by atoms with Gasteiger partial charge in [0, 0.05) is 12.3 Å². The average molecular weight is 305 g/mol. The molecule has 0 unspecified atom stereocenters. The summed E-state index contributed by atoms with van der Waals surface area (Å²) in [6, 6.07) is 4.90. The van der Waals surface area contributed by atoms with Gasteiger partial charge < -0.3 is 4.42 Å². The molecule has 108 valence electrons. The van der Waals surface area contributed by atoms with Gasteiger partial charge in [-0.1, -0.05) is 12.1 Å². The van der Waals surface area contributed by atoms with Gasteiger partial charge in [-0.3, -0.25) is 0 Å². The number of hydrogen-bond donors (Lipinski definition) is 0. The highest BCUT2D eigenvalue weighted by molar-refractivity contribution is 6.17. The fourth-order valence-corrected chi connectivity index (χ4v) is 1.80. The second kappa shape index (κ2) is 6.26. The van der Waals surface area contributed by atoms with Crippen molar-refractivity contribution in [2.24, 2.45) is 0 Å². The van der Waals surface area contributed by atoms with Crippen LogP contribution in [0, 0.1) is 0 Å². The topological polar surface area (TPSA) is 38.9 Å². The maximum Gasteiger partial charge on any atom is 0.416 e. The highest BCUT2D eigenvalue weighted by Crippen LogP contribution is 2.29. The third-order valence-corrected chi connectivity index (χ3v) is 2.94. The molecule has 3 nitrogen and oxygen atoms in total. The van der Waals surface area contributed by atoms with Crippen LogP contribution in [-0.4, -0.2) is 16.1 Å². The van der Waals surface area contributed by atoms with Crippen molar-refractivity contribution in [3.63, 3.8) is 0 Å². The van der Waals surface area contributed by atoms with E-state index in [1.54, 1.807) is 0 Å². The van der Waals surface area contributed by atoms with Crippen molar-refractivity contribution in [2.45, 2.75) is 25.4 Å². The Kier molecular flexibility index (Phi) is 4.65. The predicted molar refractivity (Wildman–Crippen MR) is 67.6 cm³/mol. The van der Waals surface area contributed by atoms with E-state index in [0.29, 0.717) is 36.1 Å². The van der Waals surface area contributed by atoms with Crippen LogP contribution >= 0.6 is 11.6 Å². The SMILES string of the molecule is FC(F)(F)c1ccc(Cc2nnc(CCCCl)o2)cc1. The van der Waals surface area contributed by atoms with E-state index >= 15 is 0 Å². The number of aromatic nitrogens is 2. The van der Waals surface area contributed by atoms with Crippen LogP contribution in [0.2, 0.25) is 0 Å². The number of rotatable bonds is 5. The van der Waals surface area contributed by atoms with Crippen LogP contribution in [0.4, 0.5) is 13.2 Å². The summed E-state index contributed by atoms with van der Waals surface area (Å²) in [6.07, 6.45) is -2.67. The summed E-state index contributed by atoms with van der Waals surface area (Å²) in [5.41, 5.74) is 0.0140. The molecular formula is C13H12ClF3N2O. The Morgan fingerprint density at radius 2 is 1.70 bits per heavy atom. The lowest BCUT2D eigenvalue weighted by molar-refractivity contribution is -0.137. The molecule has 0 aliphatic heterocycles. The number of aryl methyl sites for hydroxylation is 1. The van der Waals surface area contributed by atoms with E-state index in [9.17, 15) is 13.2 Å². The van der Waals surface area contributed by atoms with Gasteiger partial charge in [-0.05, 0) is 24.1 Å². The van der Waals surface area contributed by atoms with Crippen LogP contribution < -0.4 is 0 Å². The molecule has 0 N–H and O–H groups in total. The monoisotopic (exact) mass is 304 g/mol. The standard InChI is InChI=1S/C13H12ClF3N2O/c14-7-1-2-11-18-19-12(20-11)8-9-3-5-10(6-4-9)13(15,16)17/h3-6H,1-2,7-8H2. The first kappa shape index (κ1) is 14.8. The number of hydrogen-bond acceptors (Lipinski definition) is 3. The normalized spacial score (nSPS) is 11.8. The molecule has 0 spiro atoms. The molecule has 0 bridgehead atoms. The van der Waals surface area contributed by atoms with Crippen molar-refractivity contribution in [1.29, 1.82) is 0 Å². The second-order valence-electron chi connectivity index (χ2n) is 4.25. The minimum atomic E-state index is -4.32. The fourth-order valence-electron chi connectivity index (χ4n) is 1.67. The van der Waals surface area contributed by atoms with E-state index in [0.717, 1.165) is 18.6 Å². The van der Waals surface area contributed by atoms with Crippen molar-refractivity contribution in [1.82, 2.24) is 10.2 Å². The lowest BCUT2D eigenvalue weighted by Gasteiger charge is -2.06. The maximum absolute atomic E-state index is 12.4. The summed E-state index contributed by atoms with van der Waals surface area (Å²) < 4.78 is 42.6. The summed E-state index contributed by atoms with van der Waals surface area (Å²) in [5, 5.41) is 7.70. The van der Waals surface area contributed by atoms with Gasteiger partial charge in [0.2, 0.25) is 11.8 Å². The number of nitrogens with zero attached hydrogens (tertiary/aromatic N) is 2. The van der Waals surface area contributed by atoms with Crippen molar-refractivity contribution >= 4 is 11.6 Å². The Hall–Kier alpha value is -1.56. The molecule has 0 amide bonds. The Morgan fingerprint density at radius 3 is 2.30 bits per heavy atom. The lowest BCUT2D eigenvalue weighted by atomic mass is 10.1.